The molecule has 0 aliphatic carbocycles. The molecule has 2 aromatic carbocycles. The van der Waals surface area contributed by atoms with Crippen LogP contribution in [0.2, 0.25) is 0 Å². The molecule has 2 heterocycles. The number of hydrogen-bond donors (Lipinski definition) is 2. The lowest BCUT2D eigenvalue weighted by molar-refractivity contribution is 0.0626. The molecule has 0 bridgehead atoms. The van der Waals surface area contributed by atoms with E-state index in [0.29, 0.717) is 31.6 Å². The number of alkyl carbamates (subject to hydrolysis) is 1. The molecule has 2 aliphatic rings. The molecular formula is C28H37FN2O6S. The lowest BCUT2D eigenvalue weighted by Gasteiger charge is -2.34. The summed E-state index contributed by atoms with van der Waals surface area (Å²) in [6, 6.07) is 12.2. The van der Waals surface area contributed by atoms with Crippen LogP contribution in [0.1, 0.15) is 38.3 Å². The van der Waals surface area contributed by atoms with Gasteiger partial charge in [-0.15, -0.1) is 0 Å². The number of carbonyl (C=O) groups is 1. The first-order valence-electron chi connectivity index (χ1n) is 13.0. The van der Waals surface area contributed by atoms with Crippen molar-refractivity contribution in [2.75, 3.05) is 26.3 Å². The van der Waals surface area contributed by atoms with Gasteiger partial charge in [-0.05, 0) is 53.5 Å². The van der Waals surface area contributed by atoms with E-state index in [1.807, 2.05) is 51.1 Å². The molecule has 1 amide bonds. The van der Waals surface area contributed by atoms with Gasteiger partial charge in [-0.1, -0.05) is 51.1 Å². The molecule has 0 aromatic heterocycles. The van der Waals surface area contributed by atoms with Gasteiger partial charge >= 0.3 is 6.09 Å². The van der Waals surface area contributed by atoms with Crippen LogP contribution in [0.5, 0.6) is 0 Å². The highest BCUT2D eigenvalue weighted by atomic mass is 32.2. The molecule has 38 heavy (non-hydrogen) atoms. The van der Waals surface area contributed by atoms with Gasteiger partial charge in [-0.25, -0.2) is 17.6 Å². The van der Waals surface area contributed by atoms with Crippen LogP contribution in [0.4, 0.5) is 9.18 Å². The van der Waals surface area contributed by atoms with Crippen LogP contribution in [-0.2, 0) is 32.3 Å². The van der Waals surface area contributed by atoms with Crippen molar-refractivity contribution in [2.45, 2.75) is 63.2 Å². The second-order valence-corrected chi connectivity index (χ2v) is 13.1. The third-order valence-electron chi connectivity index (χ3n) is 7.37. The Morgan fingerprint density at radius 3 is 2.63 bits per heavy atom. The molecule has 0 unspecified atom stereocenters. The quantitative estimate of drug-likeness (QED) is 0.549. The monoisotopic (exact) mass is 548 g/mol. The van der Waals surface area contributed by atoms with Gasteiger partial charge in [-0.3, -0.25) is 0 Å². The first kappa shape index (κ1) is 28.5. The fourth-order valence-electron chi connectivity index (χ4n) is 4.95. The summed E-state index contributed by atoms with van der Waals surface area (Å²) in [6.07, 6.45) is -1.02. The highest BCUT2D eigenvalue weighted by Crippen LogP contribution is 2.37. The standard InChI is InChI=1S/C28H37FN2O6S/c1-28(2,3)21-14-20-15-22(29)9-10-26(20)38(34,35)31(16-21)17-25(32)24(13-19-7-5-4-6-8-19)30-27(33)37-23-11-12-36-18-23/h4-10,15,21,23-25,32H,11-14,16-18H2,1-3H3,(H,30,33)/t21-,23-,24-,25+/m0/s1. The zero-order valence-electron chi connectivity index (χ0n) is 22.1. The van der Waals surface area contributed by atoms with Crippen LogP contribution in [0.3, 0.4) is 0 Å². The summed E-state index contributed by atoms with van der Waals surface area (Å²) in [5.74, 6) is -0.612. The zero-order chi connectivity index (χ0) is 27.5. The SMILES string of the molecule is CC(C)(C)[C@H]1Cc2cc(F)ccc2S(=O)(=O)N(C[C@@H](O)[C@H](Cc2ccccc2)NC(=O)O[C@H]2CCOC2)C1. The Labute approximate surface area is 224 Å². The molecule has 1 saturated heterocycles. The number of nitrogens with zero attached hydrogens (tertiary/aromatic N) is 1. The van der Waals surface area contributed by atoms with Gasteiger partial charge in [0.2, 0.25) is 10.0 Å². The largest absolute Gasteiger partial charge is 0.444 e. The Morgan fingerprint density at radius 2 is 1.97 bits per heavy atom. The average molecular weight is 549 g/mol. The van der Waals surface area contributed by atoms with Gasteiger partial charge in [-0.2, -0.15) is 4.31 Å². The fraction of sp³-hybridized carbons (Fsp3) is 0.536. The lowest BCUT2D eigenvalue weighted by Crippen LogP contribution is -2.52. The third-order valence-corrected chi connectivity index (χ3v) is 9.31. The minimum atomic E-state index is -4.03. The van der Waals surface area contributed by atoms with Crippen molar-refractivity contribution in [3.8, 4) is 0 Å². The number of amides is 1. The van der Waals surface area contributed by atoms with Crippen molar-refractivity contribution in [3.63, 3.8) is 0 Å². The molecule has 2 N–H and O–H groups in total. The molecule has 8 nitrogen and oxygen atoms in total. The average Bonchev–Trinajstić information content (AvgIpc) is 3.31. The summed E-state index contributed by atoms with van der Waals surface area (Å²) in [4.78, 5) is 12.7. The van der Waals surface area contributed by atoms with E-state index >= 15 is 0 Å². The predicted octanol–water partition coefficient (Wildman–Crippen LogP) is 3.52. The number of ether oxygens (including phenoxy) is 2. The van der Waals surface area contributed by atoms with Gasteiger partial charge in [0.15, 0.2) is 0 Å². The highest BCUT2D eigenvalue weighted by molar-refractivity contribution is 7.89. The number of aliphatic hydroxyl groups excluding tert-OH is 1. The highest BCUT2D eigenvalue weighted by Gasteiger charge is 2.40. The van der Waals surface area contributed by atoms with Crippen molar-refractivity contribution in [2.24, 2.45) is 11.3 Å². The van der Waals surface area contributed by atoms with Gasteiger partial charge in [0, 0.05) is 19.5 Å². The summed E-state index contributed by atoms with van der Waals surface area (Å²) in [6.45, 7) is 6.81. The maximum Gasteiger partial charge on any atom is 0.407 e. The van der Waals surface area contributed by atoms with Crippen molar-refractivity contribution >= 4 is 16.1 Å². The van der Waals surface area contributed by atoms with E-state index < -0.39 is 34.1 Å². The summed E-state index contributed by atoms with van der Waals surface area (Å²) in [5, 5.41) is 14.1. The summed E-state index contributed by atoms with van der Waals surface area (Å²) < 4.78 is 53.5. The maximum absolute atomic E-state index is 14.1. The molecule has 4 atom stereocenters. The first-order valence-corrected chi connectivity index (χ1v) is 14.4. The molecule has 10 heteroatoms. The molecule has 208 valence electrons. The van der Waals surface area contributed by atoms with Crippen LogP contribution in [0.15, 0.2) is 53.4 Å². The Balaban J connectivity index is 1.60. The minimum Gasteiger partial charge on any atom is -0.444 e. The number of nitrogens with one attached hydrogen (secondary N) is 1. The minimum absolute atomic E-state index is 0.0473. The van der Waals surface area contributed by atoms with E-state index in [9.17, 15) is 22.7 Å². The van der Waals surface area contributed by atoms with Crippen molar-refractivity contribution in [3.05, 3.63) is 65.5 Å². The van der Waals surface area contributed by atoms with E-state index in [0.717, 1.165) is 11.6 Å². The van der Waals surface area contributed by atoms with Crippen LogP contribution >= 0.6 is 0 Å². The maximum atomic E-state index is 14.1. The van der Waals surface area contributed by atoms with Crippen LogP contribution < -0.4 is 5.32 Å². The zero-order valence-corrected chi connectivity index (χ0v) is 22.9. The number of halogens is 1. The fourth-order valence-corrected chi connectivity index (χ4v) is 6.67. The Morgan fingerprint density at radius 1 is 1.24 bits per heavy atom. The molecule has 0 radical (unpaired) electrons. The number of benzene rings is 2. The first-order chi connectivity index (χ1) is 17.9. The summed E-state index contributed by atoms with van der Waals surface area (Å²) in [7, 11) is -4.03. The Bertz CT molecular complexity index is 1210. The number of aliphatic hydroxyl groups is 1. The molecule has 4 rings (SSSR count). The Hall–Kier alpha value is -2.53. The van der Waals surface area contributed by atoms with E-state index in [4.69, 9.17) is 9.47 Å². The lowest BCUT2D eigenvalue weighted by atomic mass is 9.77. The second-order valence-electron chi connectivity index (χ2n) is 11.2. The van der Waals surface area contributed by atoms with E-state index in [1.54, 1.807) is 0 Å². The smallest absolute Gasteiger partial charge is 0.407 e. The number of fused-ring (bicyclic) bond motifs is 1. The van der Waals surface area contributed by atoms with Crippen molar-refractivity contribution in [1.82, 2.24) is 9.62 Å². The van der Waals surface area contributed by atoms with Crippen molar-refractivity contribution < 1.29 is 32.2 Å². The number of β-amino-alcohol motifs (C(OH)–C–C–N with tert-alkyl or cyclic N) is 1. The normalized spacial score (nSPS) is 23.2. The van der Waals surface area contributed by atoms with Gasteiger partial charge in [0.25, 0.3) is 0 Å². The van der Waals surface area contributed by atoms with Crippen molar-refractivity contribution in [1.29, 1.82) is 0 Å². The molecule has 1 fully saturated rings. The summed E-state index contributed by atoms with van der Waals surface area (Å²) in [5.41, 5.74) is 1.03. The number of hydrogen-bond acceptors (Lipinski definition) is 6. The second kappa shape index (κ2) is 11.7. The number of rotatable bonds is 7. The van der Waals surface area contributed by atoms with E-state index in [-0.39, 0.29) is 41.8 Å². The van der Waals surface area contributed by atoms with Gasteiger partial charge in [0.1, 0.15) is 11.9 Å². The molecule has 2 aromatic rings. The van der Waals surface area contributed by atoms with Gasteiger partial charge in [0.05, 0.1) is 30.3 Å². The number of sulfonamides is 1. The number of carbonyl (C=O) groups excluding carboxylic acids is 1. The summed E-state index contributed by atoms with van der Waals surface area (Å²) >= 11 is 0. The predicted molar refractivity (Wildman–Crippen MR) is 141 cm³/mol. The molecular weight excluding hydrogens is 511 g/mol. The van der Waals surface area contributed by atoms with E-state index in [2.05, 4.69) is 5.32 Å². The van der Waals surface area contributed by atoms with Crippen LogP contribution in [-0.4, -0.2) is 68.5 Å². The molecule has 2 aliphatic heterocycles. The van der Waals surface area contributed by atoms with Crippen LogP contribution in [0, 0.1) is 17.2 Å². The molecule has 0 saturated carbocycles. The van der Waals surface area contributed by atoms with E-state index in [1.165, 1.54) is 16.4 Å². The third kappa shape index (κ3) is 6.91. The van der Waals surface area contributed by atoms with Gasteiger partial charge < -0.3 is 19.9 Å². The molecule has 0 spiro atoms. The van der Waals surface area contributed by atoms with Crippen LogP contribution in [0.25, 0.3) is 0 Å². The Kier molecular flexibility index (Phi) is 8.76. The topological polar surface area (TPSA) is 105 Å².